The maximum Gasteiger partial charge on any atom is 0.161 e. The van der Waals surface area contributed by atoms with Gasteiger partial charge in [-0.05, 0) is 46.8 Å². The molecule has 1 aliphatic heterocycles. The third kappa shape index (κ3) is 2.21. The van der Waals surface area contributed by atoms with Gasteiger partial charge in [0.1, 0.15) is 5.82 Å². The first kappa shape index (κ1) is 11.2. The van der Waals surface area contributed by atoms with Crippen LogP contribution < -0.4 is 0 Å². The fraction of sp³-hybridized carbons (Fsp3) is 0.500. The first-order chi connectivity index (χ1) is 8.34. The molecule has 90 valence electrons. The van der Waals surface area contributed by atoms with Crippen LogP contribution in [0.5, 0.6) is 0 Å². The van der Waals surface area contributed by atoms with Crippen molar-refractivity contribution in [3.05, 3.63) is 28.6 Å². The fourth-order valence-electron chi connectivity index (χ4n) is 2.32. The summed E-state index contributed by atoms with van der Waals surface area (Å²) in [7, 11) is 0. The minimum absolute atomic E-state index is 0.572. The van der Waals surface area contributed by atoms with E-state index in [2.05, 4.69) is 30.5 Å². The molecule has 17 heavy (non-hydrogen) atoms. The monoisotopic (exact) mass is 295 g/mol. The smallest absolute Gasteiger partial charge is 0.161 e. The number of hydrogen-bond donors (Lipinski definition) is 0. The maximum absolute atomic E-state index is 5.50. The topological polar surface area (TPSA) is 39.4 Å². The molecule has 1 aliphatic rings. The third-order valence-electron chi connectivity index (χ3n) is 3.17. The second-order valence-electron chi connectivity index (χ2n) is 4.45. The minimum Gasteiger partial charge on any atom is -0.381 e. The van der Waals surface area contributed by atoms with Gasteiger partial charge < -0.3 is 4.74 Å². The predicted octanol–water partition coefficient (Wildman–Crippen LogP) is 2.46. The number of hydrogen-bond acceptors (Lipinski definition) is 3. The van der Waals surface area contributed by atoms with Gasteiger partial charge in [-0.15, -0.1) is 10.2 Å². The molecule has 0 bridgehead atoms. The summed E-state index contributed by atoms with van der Waals surface area (Å²) in [6, 6.07) is 5.96. The van der Waals surface area contributed by atoms with Crippen LogP contribution in [0.4, 0.5) is 0 Å². The molecule has 3 heterocycles. The van der Waals surface area contributed by atoms with Crippen LogP contribution >= 0.6 is 15.9 Å². The molecule has 0 saturated carbocycles. The van der Waals surface area contributed by atoms with Gasteiger partial charge in [-0.2, -0.15) is 0 Å². The molecule has 0 aliphatic carbocycles. The van der Waals surface area contributed by atoms with Crippen molar-refractivity contribution in [2.24, 2.45) is 5.92 Å². The largest absolute Gasteiger partial charge is 0.381 e. The van der Waals surface area contributed by atoms with Crippen molar-refractivity contribution in [2.45, 2.75) is 19.3 Å². The van der Waals surface area contributed by atoms with E-state index in [1.54, 1.807) is 0 Å². The second kappa shape index (κ2) is 4.74. The Morgan fingerprint density at radius 2 is 2.35 bits per heavy atom. The highest BCUT2D eigenvalue weighted by Gasteiger charge is 2.18. The van der Waals surface area contributed by atoms with E-state index in [9.17, 15) is 0 Å². The summed E-state index contributed by atoms with van der Waals surface area (Å²) in [6.45, 7) is 1.75. The van der Waals surface area contributed by atoms with E-state index >= 15 is 0 Å². The van der Waals surface area contributed by atoms with Crippen molar-refractivity contribution in [3.63, 3.8) is 0 Å². The van der Waals surface area contributed by atoms with Gasteiger partial charge in [0.15, 0.2) is 5.65 Å². The molecule has 1 saturated heterocycles. The Balaban J connectivity index is 1.89. The van der Waals surface area contributed by atoms with Crippen LogP contribution in [0.1, 0.15) is 18.7 Å². The van der Waals surface area contributed by atoms with Crippen LogP contribution in [0.25, 0.3) is 5.65 Å². The lowest BCUT2D eigenvalue weighted by atomic mass is 9.98. The standard InChI is InChI=1S/C12H14BrN3O/c13-10-4-1-5-11-14-15-12(16(10)11)7-9-3-2-6-17-8-9/h1,4-5,9H,2-3,6-8H2. The number of ether oxygens (including phenoxy) is 1. The molecule has 2 aromatic heterocycles. The van der Waals surface area contributed by atoms with Gasteiger partial charge in [-0.25, -0.2) is 0 Å². The molecular weight excluding hydrogens is 282 g/mol. The summed E-state index contributed by atoms with van der Waals surface area (Å²) in [6.07, 6.45) is 3.31. The lowest BCUT2D eigenvalue weighted by Crippen LogP contribution is -2.20. The number of aromatic nitrogens is 3. The second-order valence-corrected chi connectivity index (χ2v) is 5.26. The van der Waals surface area contributed by atoms with E-state index in [0.29, 0.717) is 5.92 Å². The minimum atomic E-state index is 0.572. The van der Waals surface area contributed by atoms with Crippen molar-refractivity contribution in [2.75, 3.05) is 13.2 Å². The van der Waals surface area contributed by atoms with Gasteiger partial charge in [-0.3, -0.25) is 4.40 Å². The Kier molecular flexibility index (Phi) is 3.11. The highest BCUT2D eigenvalue weighted by Crippen LogP contribution is 2.20. The van der Waals surface area contributed by atoms with Crippen molar-refractivity contribution < 1.29 is 4.74 Å². The van der Waals surface area contributed by atoms with Crippen molar-refractivity contribution >= 4 is 21.6 Å². The lowest BCUT2D eigenvalue weighted by molar-refractivity contribution is 0.0542. The summed E-state index contributed by atoms with van der Waals surface area (Å²) in [5, 5.41) is 8.46. The van der Waals surface area contributed by atoms with Crippen LogP contribution in [0.2, 0.25) is 0 Å². The van der Waals surface area contributed by atoms with E-state index in [1.165, 1.54) is 6.42 Å². The summed E-state index contributed by atoms with van der Waals surface area (Å²) >= 11 is 3.54. The summed E-state index contributed by atoms with van der Waals surface area (Å²) < 4.78 is 8.57. The SMILES string of the molecule is Brc1cccc2nnc(CC3CCCOC3)n12. The molecule has 3 rings (SSSR count). The molecule has 1 unspecified atom stereocenters. The summed E-state index contributed by atoms with van der Waals surface area (Å²) in [5.74, 6) is 1.59. The zero-order valence-electron chi connectivity index (χ0n) is 9.47. The Bertz CT molecular complexity index is 519. The fourth-order valence-corrected chi connectivity index (χ4v) is 2.86. The van der Waals surface area contributed by atoms with E-state index in [1.807, 2.05) is 18.2 Å². The van der Waals surface area contributed by atoms with E-state index in [-0.39, 0.29) is 0 Å². The zero-order chi connectivity index (χ0) is 11.7. The van der Waals surface area contributed by atoms with Crippen LogP contribution in [0.3, 0.4) is 0 Å². The molecule has 1 atom stereocenters. The first-order valence-corrected chi connectivity index (χ1v) is 6.70. The molecular formula is C12H14BrN3O. The first-order valence-electron chi connectivity index (χ1n) is 5.91. The van der Waals surface area contributed by atoms with Crippen molar-refractivity contribution in [1.29, 1.82) is 0 Å². The van der Waals surface area contributed by atoms with E-state index in [0.717, 1.165) is 42.1 Å². The molecule has 0 N–H and O–H groups in total. The molecule has 2 aromatic rings. The van der Waals surface area contributed by atoms with Gasteiger partial charge >= 0.3 is 0 Å². The summed E-state index contributed by atoms with van der Waals surface area (Å²) in [4.78, 5) is 0. The highest BCUT2D eigenvalue weighted by atomic mass is 79.9. The molecule has 5 heteroatoms. The number of halogens is 1. The lowest BCUT2D eigenvalue weighted by Gasteiger charge is -2.21. The van der Waals surface area contributed by atoms with Crippen LogP contribution in [-0.2, 0) is 11.2 Å². The van der Waals surface area contributed by atoms with Crippen molar-refractivity contribution in [1.82, 2.24) is 14.6 Å². The van der Waals surface area contributed by atoms with Gasteiger partial charge in [-0.1, -0.05) is 6.07 Å². The maximum atomic E-state index is 5.50. The Morgan fingerprint density at radius 1 is 1.41 bits per heavy atom. The van der Waals surface area contributed by atoms with E-state index in [4.69, 9.17) is 4.74 Å². The molecule has 0 amide bonds. The van der Waals surface area contributed by atoms with Crippen LogP contribution in [-0.4, -0.2) is 27.8 Å². The Hall–Kier alpha value is -0.940. The highest BCUT2D eigenvalue weighted by molar-refractivity contribution is 9.10. The third-order valence-corrected chi connectivity index (χ3v) is 3.79. The van der Waals surface area contributed by atoms with Crippen LogP contribution in [0, 0.1) is 5.92 Å². The summed E-state index contributed by atoms with van der Waals surface area (Å²) in [5.41, 5.74) is 0.895. The average Bonchev–Trinajstić information content (AvgIpc) is 2.75. The van der Waals surface area contributed by atoms with Crippen LogP contribution in [0.15, 0.2) is 22.8 Å². The number of pyridine rings is 1. The van der Waals surface area contributed by atoms with Gasteiger partial charge in [0.05, 0.1) is 4.60 Å². The quantitative estimate of drug-likeness (QED) is 0.799. The molecule has 0 spiro atoms. The molecule has 0 aromatic carbocycles. The number of rotatable bonds is 2. The Labute approximate surface area is 108 Å². The normalized spacial score (nSPS) is 20.9. The Morgan fingerprint density at radius 3 is 3.18 bits per heavy atom. The van der Waals surface area contributed by atoms with Gasteiger partial charge in [0.25, 0.3) is 0 Å². The van der Waals surface area contributed by atoms with Gasteiger partial charge in [0, 0.05) is 19.6 Å². The van der Waals surface area contributed by atoms with Gasteiger partial charge in [0.2, 0.25) is 0 Å². The number of nitrogens with zero attached hydrogens (tertiary/aromatic N) is 3. The van der Waals surface area contributed by atoms with E-state index < -0.39 is 0 Å². The molecule has 1 fully saturated rings. The molecule has 4 nitrogen and oxygen atoms in total. The molecule has 0 radical (unpaired) electrons. The zero-order valence-corrected chi connectivity index (χ0v) is 11.1. The number of fused-ring (bicyclic) bond motifs is 1. The average molecular weight is 296 g/mol. The van der Waals surface area contributed by atoms with Crippen molar-refractivity contribution in [3.8, 4) is 0 Å². The predicted molar refractivity (Wildman–Crippen MR) is 67.9 cm³/mol.